The van der Waals surface area contributed by atoms with E-state index in [1.54, 1.807) is 22.2 Å². The van der Waals surface area contributed by atoms with Gasteiger partial charge in [-0.3, -0.25) is 14.4 Å². The monoisotopic (exact) mass is 319 g/mol. The average molecular weight is 319 g/mol. The number of carbonyl (C=O) groups excluding carboxylic acids is 1. The fourth-order valence-electron chi connectivity index (χ4n) is 2.66. The summed E-state index contributed by atoms with van der Waals surface area (Å²) in [4.78, 5) is 22.2. The molecule has 0 saturated carbocycles. The van der Waals surface area contributed by atoms with Gasteiger partial charge in [0.05, 0.1) is 5.01 Å². The highest BCUT2D eigenvalue weighted by molar-refractivity contribution is 7.11. The summed E-state index contributed by atoms with van der Waals surface area (Å²) < 4.78 is 1.81. The largest absolute Gasteiger partial charge is 0.340 e. The second-order valence-electron chi connectivity index (χ2n) is 5.52. The molecule has 22 heavy (non-hydrogen) atoms. The molecule has 0 aliphatic carbocycles. The summed E-state index contributed by atoms with van der Waals surface area (Å²) in [7, 11) is 0. The van der Waals surface area contributed by atoms with Crippen molar-refractivity contribution in [3.63, 3.8) is 0 Å². The van der Waals surface area contributed by atoms with E-state index in [1.165, 1.54) is 4.88 Å². The minimum atomic E-state index is 0.226. The van der Waals surface area contributed by atoms with E-state index in [-0.39, 0.29) is 5.91 Å². The number of aryl methyl sites for hydroxylation is 2. The van der Waals surface area contributed by atoms with Crippen LogP contribution in [0.4, 0.5) is 0 Å². The summed E-state index contributed by atoms with van der Waals surface area (Å²) in [6.45, 7) is 7.14. The second kappa shape index (κ2) is 7.02. The van der Waals surface area contributed by atoms with Crippen LogP contribution in [0.2, 0.25) is 0 Å². The Kier molecular flexibility index (Phi) is 4.84. The summed E-state index contributed by atoms with van der Waals surface area (Å²) in [5, 5.41) is 5.24. The summed E-state index contributed by atoms with van der Waals surface area (Å²) >= 11 is 1.75. The van der Waals surface area contributed by atoms with E-state index in [0.717, 1.165) is 37.7 Å². The molecular weight excluding hydrogens is 298 g/mol. The summed E-state index contributed by atoms with van der Waals surface area (Å²) in [6, 6.07) is 1.88. The summed E-state index contributed by atoms with van der Waals surface area (Å²) in [5.41, 5.74) is 0. The molecule has 0 atom stereocenters. The van der Waals surface area contributed by atoms with Gasteiger partial charge in [0.1, 0.15) is 0 Å². The number of aromatic nitrogens is 3. The fraction of sp³-hybridized carbons (Fsp3) is 0.533. The first-order chi connectivity index (χ1) is 10.7. The zero-order valence-electron chi connectivity index (χ0n) is 12.8. The highest BCUT2D eigenvalue weighted by Crippen LogP contribution is 2.15. The van der Waals surface area contributed by atoms with Gasteiger partial charge in [0.2, 0.25) is 5.91 Å². The van der Waals surface area contributed by atoms with Crippen LogP contribution in [0.5, 0.6) is 0 Å². The van der Waals surface area contributed by atoms with Crippen LogP contribution in [-0.4, -0.2) is 56.7 Å². The number of hydrogen-bond donors (Lipinski definition) is 0. The van der Waals surface area contributed by atoms with Gasteiger partial charge in [-0.1, -0.05) is 0 Å². The molecule has 0 bridgehead atoms. The number of nitrogens with zero attached hydrogens (tertiary/aromatic N) is 5. The molecule has 0 radical (unpaired) electrons. The Morgan fingerprint density at radius 2 is 2.14 bits per heavy atom. The molecule has 1 saturated heterocycles. The maximum Gasteiger partial charge on any atom is 0.224 e. The normalized spacial score (nSPS) is 16.1. The third-order valence-corrected chi connectivity index (χ3v) is 4.79. The van der Waals surface area contributed by atoms with Crippen molar-refractivity contribution in [1.29, 1.82) is 0 Å². The fourth-order valence-corrected chi connectivity index (χ4v) is 3.49. The van der Waals surface area contributed by atoms with Crippen molar-refractivity contribution in [3.8, 4) is 0 Å². The highest BCUT2D eigenvalue weighted by atomic mass is 32.1. The molecule has 2 aromatic heterocycles. The first kappa shape index (κ1) is 15.2. The van der Waals surface area contributed by atoms with E-state index >= 15 is 0 Å². The van der Waals surface area contributed by atoms with Gasteiger partial charge in [-0.2, -0.15) is 5.10 Å². The van der Waals surface area contributed by atoms with Gasteiger partial charge in [0.25, 0.3) is 0 Å². The molecule has 0 unspecified atom stereocenters. The topological polar surface area (TPSA) is 54.3 Å². The standard InChI is InChI=1S/C15H21N5OS/c1-13-16-11-14(22-13)12-18-7-9-19(10-8-18)15(21)3-6-20-5-2-4-17-20/h2,4-5,11H,3,6-10,12H2,1H3. The zero-order valence-corrected chi connectivity index (χ0v) is 13.6. The lowest BCUT2D eigenvalue weighted by atomic mass is 10.2. The van der Waals surface area contributed by atoms with Crippen LogP contribution in [0.3, 0.4) is 0 Å². The van der Waals surface area contributed by atoms with Gasteiger partial charge < -0.3 is 4.90 Å². The SMILES string of the molecule is Cc1ncc(CN2CCN(C(=O)CCn3cccn3)CC2)s1. The lowest BCUT2D eigenvalue weighted by Crippen LogP contribution is -2.48. The van der Waals surface area contributed by atoms with Crippen LogP contribution >= 0.6 is 11.3 Å². The van der Waals surface area contributed by atoms with Crippen molar-refractivity contribution in [2.45, 2.75) is 26.4 Å². The van der Waals surface area contributed by atoms with Crippen molar-refractivity contribution < 1.29 is 4.79 Å². The molecule has 0 N–H and O–H groups in total. The quantitative estimate of drug-likeness (QED) is 0.835. The van der Waals surface area contributed by atoms with Gasteiger partial charge in [-0.25, -0.2) is 4.98 Å². The van der Waals surface area contributed by atoms with E-state index in [1.807, 2.05) is 30.3 Å². The molecule has 0 aromatic carbocycles. The van der Waals surface area contributed by atoms with E-state index < -0.39 is 0 Å². The molecule has 1 aliphatic rings. The molecule has 6 nitrogen and oxygen atoms in total. The minimum absolute atomic E-state index is 0.226. The lowest BCUT2D eigenvalue weighted by molar-refractivity contribution is -0.133. The second-order valence-corrected chi connectivity index (χ2v) is 6.84. The van der Waals surface area contributed by atoms with Gasteiger partial charge >= 0.3 is 0 Å². The van der Waals surface area contributed by atoms with Gasteiger partial charge in [0.15, 0.2) is 0 Å². The first-order valence-corrected chi connectivity index (χ1v) is 8.41. The zero-order chi connectivity index (χ0) is 15.4. The Bertz CT molecular complexity index is 601. The molecule has 3 heterocycles. The van der Waals surface area contributed by atoms with Crippen LogP contribution in [0.1, 0.15) is 16.3 Å². The van der Waals surface area contributed by atoms with Crippen LogP contribution in [0.15, 0.2) is 24.7 Å². The van der Waals surface area contributed by atoms with Gasteiger partial charge in [-0.15, -0.1) is 11.3 Å². The summed E-state index contributed by atoms with van der Waals surface area (Å²) in [6.07, 6.45) is 6.12. The van der Waals surface area contributed by atoms with Gasteiger partial charge in [-0.05, 0) is 13.0 Å². The number of piperazine rings is 1. The third kappa shape index (κ3) is 3.92. The van der Waals surface area contributed by atoms with Crippen LogP contribution in [0.25, 0.3) is 0 Å². The molecule has 118 valence electrons. The van der Waals surface area contributed by atoms with Crippen molar-refractivity contribution in [3.05, 3.63) is 34.5 Å². The van der Waals surface area contributed by atoms with Crippen LogP contribution in [0, 0.1) is 6.92 Å². The van der Waals surface area contributed by atoms with Gasteiger partial charge in [0, 0.05) is 69.2 Å². The van der Waals surface area contributed by atoms with E-state index in [0.29, 0.717) is 13.0 Å². The minimum Gasteiger partial charge on any atom is -0.340 e. The molecule has 1 aliphatic heterocycles. The number of rotatable bonds is 5. The Labute approximate surface area is 134 Å². The Morgan fingerprint density at radius 3 is 2.77 bits per heavy atom. The Hall–Kier alpha value is -1.73. The van der Waals surface area contributed by atoms with Crippen molar-refractivity contribution in [1.82, 2.24) is 24.6 Å². The first-order valence-electron chi connectivity index (χ1n) is 7.59. The molecule has 7 heteroatoms. The number of amides is 1. The predicted octanol–water partition coefficient (Wildman–Crippen LogP) is 1.38. The van der Waals surface area contributed by atoms with Crippen LogP contribution in [-0.2, 0) is 17.9 Å². The average Bonchev–Trinajstić information content (AvgIpc) is 3.17. The Morgan fingerprint density at radius 1 is 1.32 bits per heavy atom. The number of carbonyl (C=O) groups is 1. The van der Waals surface area contributed by atoms with Crippen molar-refractivity contribution >= 4 is 17.2 Å². The van der Waals surface area contributed by atoms with E-state index in [4.69, 9.17) is 0 Å². The molecule has 1 amide bonds. The maximum atomic E-state index is 12.2. The van der Waals surface area contributed by atoms with Crippen molar-refractivity contribution in [2.24, 2.45) is 0 Å². The molecule has 0 spiro atoms. The van der Waals surface area contributed by atoms with Crippen molar-refractivity contribution in [2.75, 3.05) is 26.2 Å². The number of hydrogen-bond acceptors (Lipinski definition) is 5. The molecule has 1 fully saturated rings. The highest BCUT2D eigenvalue weighted by Gasteiger charge is 2.21. The Balaban J connectivity index is 1.42. The molecule has 3 rings (SSSR count). The third-order valence-electron chi connectivity index (χ3n) is 3.89. The smallest absolute Gasteiger partial charge is 0.224 e. The van der Waals surface area contributed by atoms with E-state index in [9.17, 15) is 4.79 Å². The molecular formula is C15H21N5OS. The molecule has 2 aromatic rings. The summed E-state index contributed by atoms with van der Waals surface area (Å²) in [5.74, 6) is 0.226. The maximum absolute atomic E-state index is 12.2. The number of thiazole rings is 1. The lowest BCUT2D eigenvalue weighted by Gasteiger charge is -2.34. The predicted molar refractivity (Wildman–Crippen MR) is 85.6 cm³/mol. The van der Waals surface area contributed by atoms with Crippen LogP contribution < -0.4 is 0 Å². The van der Waals surface area contributed by atoms with E-state index in [2.05, 4.69) is 15.0 Å².